The molecule has 18 heavy (non-hydrogen) atoms. The number of carbonyl (C=O) groups is 1. The van der Waals surface area contributed by atoms with E-state index in [0.29, 0.717) is 23.4 Å². The largest absolute Gasteiger partial charge is 0.397 e. The Morgan fingerprint density at radius 2 is 2.11 bits per heavy atom. The number of benzene rings is 1. The first kappa shape index (κ1) is 14.3. The minimum Gasteiger partial charge on any atom is -0.397 e. The van der Waals surface area contributed by atoms with Crippen LogP contribution >= 0.6 is 0 Å². The van der Waals surface area contributed by atoms with Crippen LogP contribution in [0.3, 0.4) is 0 Å². The molecule has 5 heteroatoms. The quantitative estimate of drug-likeness (QED) is 0.592. The lowest BCUT2D eigenvalue weighted by molar-refractivity contribution is 0.0963. The van der Waals surface area contributed by atoms with Crippen molar-refractivity contribution in [1.82, 2.24) is 5.32 Å². The fourth-order valence-electron chi connectivity index (χ4n) is 1.66. The van der Waals surface area contributed by atoms with Crippen molar-refractivity contribution in [2.45, 2.75) is 25.8 Å². The molecule has 0 atom stereocenters. The Morgan fingerprint density at radius 1 is 1.44 bits per heavy atom. The predicted octanol–water partition coefficient (Wildman–Crippen LogP) is 1.20. The second-order valence-corrected chi connectivity index (χ2v) is 4.86. The molecular weight excluding hydrogens is 230 g/mol. The summed E-state index contributed by atoms with van der Waals surface area (Å²) in [5, 5.41) is 14.8. The molecule has 0 fully saturated rings. The van der Waals surface area contributed by atoms with Crippen LogP contribution in [0.5, 0.6) is 0 Å². The lowest BCUT2D eigenvalue weighted by atomic mass is 10.00. The van der Waals surface area contributed by atoms with Gasteiger partial charge in [0.2, 0.25) is 0 Å². The van der Waals surface area contributed by atoms with Crippen LogP contribution in [0.2, 0.25) is 0 Å². The number of amides is 1. The van der Waals surface area contributed by atoms with Crippen LogP contribution in [-0.4, -0.2) is 30.2 Å². The van der Waals surface area contributed by atoms with E-state index < -0.39 is 0 Å². The fraction of sp³-hybridized carbons (Fsp3) is 0.462. The first-order valence-corrected chi connectivity index (χ1v) is 5.90. The second-order valence-electron chi connectivity index (χ2n) is 4.86. The van der Waals surface area contributed by atoms with Crippen molar-refractivity contribution in [1.29, 1.82) is 0 Å². The summed E-state index contributed by atoms with van der Waals surface area (Å²) < 4.78 is 0. The molecule has 5 N–H and O–H groups in total. The van der Waals surface area contributed by atoms with E-state index in [4.69, 9.17) is 10.8 Å². The van der Waals surface area contributed by atoms with Gasteiger partial charge >= 0.3 is 0 Å². The Bertz CT molecular complexity index is 430. The second kappa shape index (κ2) is 5.73. The van der Waals surface area contributed by atoms with Crippen molar-refractivity contribution in [3.63, 3.8) is 0 Å². The third-order valence-electron chi connectivity index (χ3n) is 2.75. The standard InChI is InChI=1S/C13H21N3O2/c1-13(2,6-7-17)16-11-8-9(12(18)15-3)4-5-10(11)14/h4-5,8,16-17H,6-7,14H2,1-3H3,(H,15,18). The van der Waals surface area contributed by atoms with Crippen molar-refractivity contribution >= 4 is 17.3 Å². The van der Waals surface area contributed by atoms with E-state index in [-0.39, 0.29) is 18.1 Å². The zero-order chi connectivity index (χ0) is 13.8. The summed E-state index contributed by atoms with van der Waals surface area (Å²) in [6.45, 7) is 4.03. The van der Waals surface area contributed by atoms with Gasteiger partial charge in [0.1, 0.15) is 0 Å². The monoisotopic (exact) mass is 251 g/mol. The maximum Gasteiger partial charge on any atom is 0.251 e. The number of nitrogen functional groups attached to an aromatic ring is 1. The minimum atomic E-state index is -0.288. The molecule has 1 aromatic carbocycles. The lowest BCUT2D eigenvalue weighted by Crippen LogP contribution is -2.32. The number of aliphatic hydroxyl groups excluding tert-OH is 1. The summed E-state index contributed by atoms with van der Waals surface area (Å²) in [6.07, 6.45) is 0.594. The zero-order valence-electron chi connectivity index (χ0n) is 11.1. The molecule has 0 heterocycles. The molecule has 0 aliphatic rings. The van der Waals surface area contributed by atoms with E-state index in [2.05, 4.69) is 10.6 Å². The van der Waals surface area contributed by atoms with Crippen molar-refractivity contribution in [3.05, 3.63) is 23.8 Å². The Hall–Kier alpha value is -1.75. The molecule has 0 spiro atoms. The van der Waals surface area contributed by atoms with Gasteiger partial charge < -0.3 is 21.5 Å². The van der Waals surface area contributed by atoms with Gasteiger partial charge in [0.15, 0.2) is 0 Å². The summed E-state index contributed by atoms with van der Waals surface area (Å²) in [7, 11) is 1.58. The Kier molecular flexibility index (Phi) is 4.55. The van der Waals surface area contributed by atoms with Crippen molar-refractivity contribution in [3.8, 4) is 0 Å². The average Bonchev–Trinajstić information content (AvgIpc) is 2.30. The highest BCUT2D eigenvalue weighted by Gasteiger charge is 2.18. The normalized spacial score (nSPS) is 11.1. The van der Waals surface area contributed by atoms with E-state index in [0.717, 1.165) is 0 Å². The smallest absolute Gasteiger partial charge is 0.251 e. The van der Waals surface area contributed by atoms with Crippen LogP contribution in [0.25, 0.3) is 0 Å². The highest BCUT2D eigenvalue weighted by Crippen LogP contribution is 2.25. The molecular formula is C13H21N3O2. The predicted molar refractivity (Wildman–Crippen MR) is 73.6 cm³/mol. The molecule has 0 saturated carbocycles. The van der Waals surface area contributed by atoms with Crippen LogP contribution in [0.4, 0.5) is 11.4 Å². The molecule has 0 aromatic heterocycles. The van der Waals surface area contributed by atoms with Crippen molar-refractivity contribution in [2.75, 3.05) is 24.7 Å². The van der Waals surface area contributed by atoms with E-state index in [1.807, 2.05) is 13.8 Å². The lowest BCUT2D eigenvalue weighted by Gasteiger charge is -2.27. The van der Waals surface area contributed by atoms with Crippen LogP contribution in [-0.2, 0) is 0 Å². The van der Waals surface area contributed by atoms with Gasteiger partial charge in [-0.15, -0.1) is 0 Å². The highest BCUT2D eigenvalue weighted by atomic mass is 16.3. The molecule has 0 radical (unpaired) electrons. The first-order valence-electron chi connectivity index (χ1n) is 5.90. The number of rotatable bonds is 5. The Balaban J connectivity index is 2.97. The van der Waals surface area contributed by atoms with E-state index in [9.17, 15) is 4.79 Å². The molecule has 100 valence electrons. The summed E-state index contributed by atoms with van der Waals surface area (Å²) >= 11 is 0. The SMILES string of the molecule is CNC(=O)c1ccc(N)c(NC(C)(C)CCO)c1. The van der Waals surface area contributed by atoms with Crippen LogP contribution in [0.15, 0.2) is 18.2 Å². The van der Waals surface area contributed by atoms with Crippen molar-refractivity contribution in [2.24, 2.45) is 0 Å². The molecule has 0 aliphatic carbocycles. The van der Waals surface area contributed by atoms with Crippen molar-refractivity contribution < 1.29 is 9.90 Å². The van der Waals surface area contributed by atoms with Gasteiger partial charge in [-0.25, -0.2) is 0 Å². The third kappa shape index (κ3) is 3.63. The Labute approximate surface area is 107 Å². The first-order chi connectivity index (χ1) is 8.39. The highest BCUT2D eigenvalue weighted by molar-refractivity contribution is 5.96. The maximum atomic E-state index is 11.5. The number of aliphatic hydroxyl groups is 1. The number of anilines is 2. The molecule has 1 rings (SSSR count). The maximum absolute atomic E-state index is 11.5. The molecule has 0 unspecified atom stereocenters. The molecule has 5 nitrogen and oxygen atoms in total. The summed E-state index contributed by atoms with van der Waals surface area (Å²) in [5.41, 5.74) is 7.42. The number of nitrogens with one attached hydrogen (secondary N) is 2. The molecule has 1 amide bonds. The van der Waals surface area contributed by atoms with Crippen LogP contribution in [0, 0.1) is 0 Å². The van der Waals surface area contributed by atoms with E-state index in [1.54, 1.807) is 25.2 Å². The summed E-state index contributed by atoms with van der Waals surface area (Å²) in [5.74, 6) is -0.155. The number of carbonyl (C=O) groups excluding carboxylic acids is 1. The van der Waals surface area contributed by atoms with Gasteiger partial charge in [-0.1, -0.05) is 0 Å². The van der Waals surface area contributed by atoms with Crippen LogP contribution < -0.4 is 16.4 Å². The molecule has 0 saturated heterocycles. The number of nitrogens with two attached hydrogens (primary N) is 1. The molecule has 0 aliphatic heterocycles. The third-order valence-corrected chi connectivity index (χ3v) is 2.75. The zero-order valence-corrected chi connectivity index (χ0v) is 11.1. The molecule has 0 bridgehead atoms. The number of hydrogen-bond acceptors (Lipinski definition) is 4. The van der Waals surface area contributed by atoms with Gasteiger partial charge in [0.05, 0.1) is 11.4 Å². The van der Waals surface area contributed by atoms with E-state index >= 15 is 0 Å². The minimum absolute atomic E-state index is 0.0923. The van der Waals surface area contributed by atoms with Gasteiger partial charge in [-0.05, 0) is 38.5 Å². The van der Waals surface area contributed by atoms with Gasteiger partial charge in [0, 0.05) is 24.8 Å². The van der Waals surface area contributed by atoms with Gasteiger partial charge in [-0.3, -0.25) is 4.79 Å². The fourth-order valence-corrected chi connectivity index (χ4v) is 1.66. The van der Waals surface area contributed by atoms with Crippen LogP contribution in [0.1, 0.15) is 30.6 Å². The van der Waals surface area contributed by atoms with Gasteiger partial charge in [0.25, 0.3) is 5.91 Å². The number of hydrogen-bond donors (Lipinski definition) is 4. The topological polar surface area (TPSA) is 87.4 Å². The molecule has 1 aromatic rings. The Morgan fingerprint density at radius 3 is 2.67 bits per heavy atom. The van der Waals surface area contributed by atoms with Gasteiger partial charge in [-0.2, -0.15) is 0 Å². The average molecular weight is 251 g/mol. The summed E-state index contributed by atoms with van der Waals surface area (Å²) in [6, 6.07) is 5.09. The van der Waals surface area contributed by atoms with E-state index in [1.165, 1.54) is 0 Å². The summed E-state index contributed by atoms with van der Waals surface area (Å²) in [4.78, 5) is 11.5.